The lowest BCUT2D eigenvalue weighted by atomic mass is 10.00. The molecular formula is C14H14N2. The average Bonchev–Trinajstić information content (AvgIpc) is 2.68. The van der Waals surface area contributed by atoms with Crippen LogP contribution in [0.1, 0.15) is 24.6 Å². The van der Waals surface area contributed by atoms with Gasteiger partial charge in [-0.3, -0.25) is 4.99 Å². The van der Waals surface area contributed by atoms with Gasteiger partial charge in [-0.2, -0.15) is 0 Å². The lowest BCUT2D eigenvalue weighted by Gasteiger charge is -2.09. The van der Waals surface area contributed by atoms with Crippen LogP contribution in [0.15, 0.2) is 35.0 Å². The van der Waals surface area contributed by atoms with Gasteiger partial charge in [0, 0.05) is 34.1 Å². The topological polar surface area (TPSA) is 28.1 Å². The van der Waals surface area contributed by atoms with Crippen LogP contribution >= 0.6 is 0 Å². The van der Waals surface area contributed by atoms with Gasteiger partial charge in [0.2, 0.25) is 0 Å². The molecule has 0 amide bonds. The van der Waals surface area contributed by atoms with Crippen LogP contribution in [0.3, 0.4) is 0 Å². The third kappa shape index (κ3) is 1.38. The van der Waals surface area contributed by atoms with Crippen molar-refractivity contribution < 1.29 is 0 Å². The maximum absolute atomic E-state index is 4.39. The molecular weight excluding hydrogens is 196 g/mol. The summed E-state index contributed by atoms with van der Waals surface area (Å²) in [6.07, 6.45) is 6.17. The first-order valence-electron chi connectivity index (χ1n) is 5.67. The number of fused-ring (bicyclic) bond motifs is 3. The molecule has 0 radical (unpaired) electrons. The van der Waals surface area contributed by atoms with Gasteiger partial charge in [-0.25, -0.2) is 0 Å². The molecule has 2 aromatic rings. The van der Waals surface area contributed by atoms with Gasteiger partial charge in [0.05, 0.1) is 0 Å². The van der Waals surface area contributed by atoms with E-state index in [1.165, 1.54) is 27.9 Å². The number of aliphatic imine (C=N–C) groups is 1. The fourth-order valence-electron chi connectivity index (χ4n) is 2.34. The zero-order valence-corrected chi connectivity index (χ0v) is 9.33. The molecule has 0 spiro atoms. The zero-order valence-electron chi connectivity index (χ0n) is 9.33. The minimum atomic E-state index is 1.03. The Labute approximate surface area is 94.7 Å². The van der Waals surface area contributed by atoms with Gasteiger partial charge in [-0.05, 0) is 31.9 Å². The molecule has 1 aromatic carbocycles. The smallest absolute Gasteiger partial charge is 0.0462 e. The number of benzene rings is 1. The van der Waals surface area contributed by atoms with Gasteiger partial charge in [0.1, 0.15) is 0 Å². The van der Waals surface area contributed by atoms with E-state index >= 15 is 0 Å². The van der Waals surface area contributed by atoms with E-state index in [2.05, 4.69) is 40.3 Å². The number of aromatic nitrogens is 1. The van der Waals surface area contributed by atoms with Crippen LogP contribution in [0, 0.1) is 0 Å². The Balaban J connectivity index is 2.22. The molecule has 0 unspecified atom stereocenters. The van der Waals surface area contributed by atoms with Crippen molar-refractivity contribution in [2.45, 2.75) is 19.8 Å². The Morgan fingerprint density at radius 3 is 3.00 bits per heavy atom. The molecule has 16 heavy (non-hydrogen) atoms. The number of allylic oxidation sites excluding steroid dienone is 1. The summed E-state index contributed by atoms with van der Waals surface area (Å²) in [5.41, 5.74) is 5.07. The fraction of sp³-hybridized carbons (Fsp3) is 0.214. The Morgan fingerprint density at radius 2 is 2.12 bits per heavy atom. The van der Waals surface area contributed by atoms with Gasteiger partial charge in [-0.15, -0.1) is 0 Å². The molecule has 0 saturated carbocycles. The molecule has 1 aliphatic carbocycles. The third-order valence-corrected chi connectivity index (χ3v) is 3.06. The minimum absolute atomic E-state index is 1.03. The van der Waals surface area contributed by atoms with E-state index in [9.17, 15) is 0 Å². The van der Waals surface area contributed by atoms with Crippen LogP contribution in [0.5, 0.6) is 0 Å². The highest BCUT2D eigenvalue weighted by Gasteiger charge is 2.14. The van der Waals surface area contributed by atoms with Crippen LogP contribution < -0.4 is 0 Å². The maximum Gasteiger partial charge on any atom is 0.0462 e. The Hall–Kier alpha value is -1.83. The summed E-state index contributed by atoms with van der Waals surface area (Å²) in [5.74, 6) is 0. The van der Waals surface area contributed by atoms with E-state index in [-0.39, 0.29) is 0 Å². The van der Waals surface area contributed by atoms with Crippen molar-refractivity contribution in [1.82, 2.24) is 4.98 Å². The highest BCUT2D eigenvalue weighted by Crippen LogP contribution is 2.30. The van der Waals surface area contributed by atoms with Crippen molar-refractivity contribution in [3.8, 4) is 0 Å². The fourth-order valence-corrected chi connectivity index (χ4v) is 2.34. The van der Waals surface area contributed by atoms with E-state index in [0.29, 0.717) is 0 Å². The molecule has 0 saturated heterocycles. The second-order valence-corrected chi connectivity index (χ2v) is 4.09. The van der Waals surface area contributed by atoms with Crippen molar-refractivity contribution in [2.75, 3.05) is 0 Å². The predicted octanol–water partition coefficient (Wildman–Crippen LogP) is 3.55. The van der Waals surface area contributed by atoms with Crippen LogP contribution in [0.4, 0.5) is 0 Å². The van der Waals surface area contributed by atoms with Gasteiger partial charge >= 0.3 is 0 Å². The highest BCUT2D eigenvalue weighted by molar-refractivity contribution is 5.91. The Morgan fingerprint density at radius 1 is 1.25 bits per heavy atom. The van der Waals surface area contributed by atoms with Crippen LogP contribution in [-0.2, 0) is 6.42 Å². The molecule has 1 heterocycles. The number of H-pyrrole nitrogens is 1. The summed E-state index contributed by atoms with van der Waals surface area (Å²) in [6, 6.07) is 8.45. The predicted molar refractivity (Wildman–Crippen MR) is 68.8 cm³/mol. The van der Waals surface area contributed by atoms with Gasteiger partial charge in [0.25, 0.3) is 0 Å². The number of nitrogens with zero attached hydrogens (tertiary/aromatic N) is 1. The first-order chi connectivity index (χ1) is 7.88. The lowest BCUT2D eigenvalue weighted by molar-refractivity contribution is 0.891. The third-order valence-electron chi connectivity index (χ3n) is 3.06. The quantitative estimate of drug-likeness (QED) is 0.697. The second kappa shape index (κ2) is 3.63. The minimum Gasteiger partial charge on any atom is -0.358 e. The summed E-state index contributed by atoms with van der Waals surface area (Å²) >= 11 is 0. The summed E-state index contributed by atoms with van der Waals surface area (Å²) in [5, 5.41) is 1.31. The van der Waals surface area contributed by atoms with Gasteiger partial charge < -0.3 is 4.98 Å². The zero-order chi connectivity index (χ0) is 11.0. The van der Waals surface area contributed by atoms with Crippen LogP contribution in [0.2, 0.25) is 0 Å². The lowest BCUT2D eigenvalue weighted by Crippen LogP contribution is -1.96. The highest BCUT2D eigenvalue weighted by atomic mass is 14.8. The summed E-state index contributed by atoms with van der Waals surface area (Å²) in [6.45, 7) is 1.96. The Kier molecular flexibility index (Phi) is 2.13. The first kappa shape index (κ1) is 9.40. The summed E-state index contributed by atoms with van der Waals surface area (Å²) < 4.78 is 0. The Bertz CT molecular complexity index is 588. The first-order valence-corrected chi connectivity index (χ1v) is 5.67. The summed E-state index contributed by atoms with van der Waals surface area (Å²) in [4.78, 5) is 7.87. The number of para-hydroxylation sites is 1. The standard InChI is InChI=1S/C14H14N2/c1-2-15-10-7-8-14-12(9-10)11-5-3-4-6-13(11)16-14/h2-6,9,16H,7-8H2,1H3. The van der Waals surface area contributed by atoms with Crippen molar-refractivity contribution in [1.29, 1.82) is 0 Å². The normalized spacial score (nSPS) is 15.4. The number of aryl methyl sites for hydroxylation is 1. The van der Waals surface area contributed by atoms with Crippen molar-refractivity contribution in [3.63, 3.8) is 0 Å². The number of hydrogen-bond acceptors (Lipinski definition) is 1. The largest absolute Gasteiger partial charge is 0.358 e. The second-order valence-electron chi connectivity index (χ2n) is 4.09. The number of hydrogen-bond donors (Lipinski definition) is 1. The number of rotatable bonds is 1. The monoisotopic (exact) mass is 210 g/mol. The van der Waals surface area contributed by atoms with E-state index < -0.39 is 0 Å². The molecule has 0 fully saturated rings. The molecule has 3 rings (SSSR count). The molecule has 1 aromatic heterocycles. The number of nitrogens with one attached hydrogen (secondary N) is 1. The van der Waals surface area contributed by atoms with Crippen molar-refractivity contribution in [3.05, 3.63) is 41.2 Å². The van der Waals surface area contributed by atoms with E-state index in [4.69, 9.17) is 0 Å². The molecule has 2 nitrogen and oxygen atoms in total. The maximum atomic E-state index is 4.39. The molecule has 0 aliphatic heterocycles. The van der Waals surface area contributed by atoms with Crippen LogP contribution in [-0.4, -0.2) is 11.2 Å². The summed E-state index contributed by atoms with van der Waals surface area (Å²) in [7, 11) is 0. The SMILES string of the molecule is CC=NC1=Cc2c([nH]c3ccccc23)CC1. The molecule has 80 valence electrons. The molecule has 2 heteroatoms. The van der Waals surface area contributed by atoms with E-state index in [1.807, 2.05) is 13.1 Å². The van der Waals surface area contributed by atoms with Crippen molar-refractivity contribution in [2.24, 2.45) is 4.99 Å². The molecule has 1 aliphatic rings. The van der Waals surface area contributed by atoms with E-state index in [0.717, 1.165) is 12.8 Å². The van der Waals surface area contributed by atoms with Gasteiger partial charge in [-0.1, -0.05) is 18.2 Å². The van der Waals surface area contributed by atoms with Gasteiger partial charge in [0.15, 0.2) is 0 Å². The molecule has 0 atom stereocenters. The van der Waals surface area contributed by atoms with Crippen LogP contribution in [0.25, 0.3) is 17.0 Å². The molecule has 1 N–H and O–H groups in total. The van der Waals surface area contributed by atoms with E-state index in [1.54, 1.807) is 0 Å². The van der Waals surface area contributed by atoms with Crippen molar-refractivity contribution >= 4 is 23.2 Å². The molecule has 0 bridgehead atoms. The number of aromatic amines is 1. The average molecular weight is 210 g/mol.